The highest BCUT2D eigenvalue weighted by atomic mass is 32.2. The molecule has 0 aliphatic carbocycles. The number of alkyl halides is 3. The zero-order chi connectivity index (χ0) is 53.3. The Labute approximate surface area is 417 Å². The van der Waals surface area contributed by atoms with Crippen molar-refractivity contribution in [3.8, 4) is 0 Å². The van der Waals surface area contributed by atoms with Gasteiger partial charge in [0, 0.05) is 23.5 Å². The van der Waals surface area contributed by atoms with Crippen molar-refractivity contribution >= 4 is 53.5 Å². The zero-order valence-corrected chi connectivity index (χ0v) is 41.9. The average molecular weight is 1120 g/mol. The molecule has 33 heteroatoms. The summed E-state index contributed by atoms with van der Waals surface area (Å²) in [5, 5.41) is 54.4. The summed E-state index contributed by atoms with van der Waals surface area (Å²) in [4.78, 5) is 56.3. The second-order valence-corrected chi connectivity index (χ2v) is 21.8. The number of rotatable bonds is 18. The maximum Gasteiger partial charge on any atom is 0.523 e. The molecule has 0 spiro atoms. The minimum Gasteiger partial charge on any atom is -0.444 e. The standard InChI is InChI=1S/C16H25N4O7P.C16H22N4O6.C6H12F3O6PS.2CH4/c1-3-26-28(24,27-4-2)8-25-6-10-14(21)15(22)12(20-10)9-5-17-13-11(9)18-7-19-16(13)23;1-16(2,3)26-15(25)20-8(5-21)12(22)13(23)11(20)7-4-17-10-9(7)18-6-19-14(10)24;1-3-13-16(10,14-4-2)5-15-17(11,12)6(7,8)9;;/h5,7,10,12,14-15,17,20-22H,3-4,6,8H2,1-2H3,(H,18,19,23);4,6,8,11-13,17,21-23H,5H2,1-3H3,(H,18,19,24);3-5H2,1-2H3;2*1H4/t10-,12+,14-,15+;8-,11+,12-,13+;;;/m11.../s1. The largest absolute Gasteiger partial charge is 0.523 e. The summed E-state index contributed by atoms with van der Waals surface area (Å²) in [6.07, 6.45) is -1.90. The van der Waals surface area contributed by atoms with E-state index < -0.39 is 110 Å². The second-order valence-electron chi connectivity index (χ2n) is 16.2. The van der Waals surface area contributed by atoms with Crippen LogP contribution in [0, 0.1) is 0 Å². The number of amides is 1. The molecule has 0 radical (unpaired) electrons. The van der Waals surface area contributed by atoms with Crippen LogP contribution in [0.15, 0.2) is 34.6 Å². The SMILES string of the molecule is C.C.CC(C)(C)OC(=O)N1[C@H](CO)[C@@H](O)[C@@H](O)[C@@H]1c1c[nH]c2c(=O)[nH]cnc12.CCOP(=O)(COC[C@H]1N[C@@H](c2c[nH]c3c(=O)[nH]cnc23)[C@H](O)[C@@H]1O)OCC.CCOP(=O)(COS(=O)(=O)C(F)(F)F)OCC. The molecule has 1 amide bonds. The summed E-state index contributed by atoms with van der Waals surface area (Å²) in [6, 6.07) is -3.38. The van der Waals surface area contributed by atoms with Crippen molar-refractivity contribution in [3.05, 3.63) is 56.9 Å². The van der Waals surface area contributed by atoms with Crippen molar-refractivity contribution in [1.29, 1.82) is 0 Å². The number of aromatic nitrogens is 6. The van der Waals surface area contributed by atoms with E-state index in [9.17, 15) is 70.6 Å². The number of aliphatic hydroxyl groups excluding tert-OH is 5. The highest BCUT2D eigenvalue weighted by molar-refractivity contribution is 7.87. The third kappa shape index (κ3) is 15.9. The lowest BCUT2D eigenvalue weighted by Gasteiger charge is -2.32. The van der Waals surface area contributed by atoms with Gasteiger partial charge in [-0.2, -0.15) is 21.6 Å². The van der Waals surface area contributed by atoms with Gasteiger partial charge in [-0.15, -0.1) is 0 Å². The van der Waals surface area contributed by atoms with Crippen molar-refractivity contribution in [2.75, 3.05) is 52.3 Å². The van der Waals surface area contributed by atoms with E-state index in [2.05, 4.69) is 48.5 Å². The highest BCUT2D eigenvalue weighted by Gasteiger charge is 2.53. The van der Waals surface area contributed by atoms with Gasteiger partial charge in [0.05, 0.1) is 82.6 Å². The molecule has 2 aliphatic heterocycles. The summed E-state index contributed by atoms with van der Waals surface area (Å²) in [5.74, 6) is 0. The van der Waals surface area contributed by atoms with Crippen LogP contribution >= 0.6 is 15.2 Å². The number of aromatic amines is 4. The number of hydrogen-bond acceptors (Lipinski definition) is 22. The Morgan fingerprint density at radius 1 is 0.740 bits per heavy atom. The van der Waals surface area contributed by atoms with Crippen molar-refractivity contribution < 1.29 is 92.8 Å². The fraction of sp³-hybridized carbons (Fsp3) is 0.675. The number of likely N-dealkylation sites (tertiary alicyclic amines) is 1. The smallest absolute Gasteiger partial charge is 0.444 e. The van der Waals surface area contributed by atoms with Gasteiger partial charge in [0.1, 0.15) is 52.3 Å². The van der Waals surface area contributed by atoms with Crippen LogP contribution in [0.5, 0.6) is 0 Å². The van der Waals surface area contributed by atoms with Gasteiger partial charge < -0.3 is 78.4 Å². The van der Waals surface area contributed by atoms with Gasteiger partial charge in [0.25, 0.3) is 11.1 Å². The first-order valence-electron chi connectivity index (χ1n) is 21.6. The Morgan fingerprint density at radius 2 is 1.21 bits per heavy atom. The molecule has 8 atom stereocenters. The van der Waals surface area contributed by atoms with Crippen LogP contribution < -0.4 is 16.4 Å². The first kappa shape index (κ1) is 64.9. The highest BCUT2D eigenvalue weighted by Crippen LogP contribution is 2.49. The Hall–Kier alpha value is -4.17. The number of ether oxygens (including phenoxy) is 2. The van der Waals surface area contributed by atoms with Crippen LogP contribution in [0.4, 0.5) is 18.0 Å². The zero-order valence-electron chi connectivity index (χ0n) is 39.3. The van der Waals surface area contributed by atoms with E-state index >= 15 is 0 Å². The van der Waals surface area contributed by atoms with E-state index in [1.54, 1.807) is 40.8 Å². The summed E-state index contributed by atoms with van der Waals surface area (Å²) in [5.41, 5.74) is -5.07. The number of carbonyl (C=O) groups is 1. The Bertz CT molecular complexity index is 2700. The second kappa shape index (κ2) is 27.0. The number of hydrogen-bond donors (Lipinski definition) is 10. The molecule has 4 aromatic rings. The molecule has 0 saturated carbocycles. The number of aliphatic hydroxyl groups is 5. The first-order valence-corrected chi connectivity index (χ1v) is 26.5. The molecule has 6 heterocycles. The average Bonchev–Trinajstić information content (AvgIpc) is 4.04. The predicted octanol–water partition coefficient (Wildman–Crippen LogP) is 3.20. The van der Waals surface area contributed by atoms with Gasteiger partial charge in [0.15, 0.2) is 6.35 Å². The summed E-state index contributed by atoms with van der Waals surface area (Å²) >= 11 is 0. The lowest BCUT2D eigenvalue weighted by molar-refractivity contribution is -0.0534. The summed E-state index contributed by atoms with van der Waals surface area (Å²) in [7, 11) is -13.1. The third-order valence-electron chi connectivity index (χ3n) is 10.2. The van der Waals surface area contributed by atoms with Gasteiger partial charge in [-0.1, -0.05) is 14.9 Å². The van der Waals surface area contributed by atoms with Gasteiger partial charge >= 0.3 is 36.9 Å². The van der Waals surface area contributed by atoms with Gasteiger partial charge in [-0.25, -0.2) is 14.8 Å². The fourth-order valence-electron chi connectivity index (χ4n) is 7.23. The lowest BCUT2D eigenvalue weighted by atomic mass is 10.0. The molecule has 27 nitrogen and oxygen atoms in total. The Kier molecular flexibility index (Phi) is 24.1. The molecule has 0 bridgehead atoms. The molecule has 2 saturated heterocycles. The number of halogens is 3. The molecular weight excluding hydrogens is 1050 g/mol. The van der Waals surface area contributed by atoms with Crippen LogP contribution in [-0.2, 0) is 51.0 Å². The number of carbonyl (C=O) groups excluding carboxylic acids is 1. The van der Waals surface area contributed by atoms with Crippen LogP contribution in [0.2, 0.25) is 0 Å². The van der Waals surface area contributed by atoms with E-state index in [1.165, 1.54) is 32.7 Å². The van der Waals surface area contributed by atoms with E-state index in [4.69, 9.17) is 18.5 Å². The molecule has 73 heavy (non-hydrogen) atoms. The van der Waals surface area contributed by atoms with Crippen LogP contribution in [0.3, 0.4) is 0 Å². The first-order chi connectivity index (χ1) is 33.1. The van der Waals surface area contributed by atoms with Crippen molar-refractivity contribution in [1.82, 2.24) is 40.1 Å². The van der Waals surface area contributed by atoms with E-state index in [-0.39, 0.29) is 76.3 Å². The Morgan fingerprint density at radius 3 is 1.66 bits per heavy atom. The quantitative estimate of drug-likeness (QED) is 0.0388. The maximum atomic E-state index is 12.7. The summed E-state index contributed by atoms with van der Waals surface area (Å²) in [6.45, 7) is 10.9. The number of H-pyrrole nitrogens is 4. The lowest BCUT2D eigenvalue weighted by Crippen LogP contribution is -2.45. The van der Waals surface area contributed by atoms with Crippen LogP contribution in [0.25, 0.3) is 22.1 Å². The van der Waals surface area contributed by atoms with Gasteiger partial charge in [-0.3, -0.25) is 27.8 Å². The predicted molar refractivity (Wildman–Crippen MR) is 256 cm³/mol. The van der Waals surface area contributed by atoms with E-state index in [0.717, 1.165) is 4.90 Å². The minimum atomic E-state index is -5.80. The van der Waals surface area contributed by atoms with E-state index in [0.29, 0.717) is 16.6 Å². The normalized spacial score (nSPS) is 22.5. The third-order valence-corrected chi connectivity index (χ3v) is 14.9. The number of nitrogens with one attached hydrogen (secondary N) is 5. The van der Waals surface area contributed by atoms with Crippen molar-refractivity contribution in [2.24, 2.45) is 0 Å². The monoisotopic (exact) mass is 1110 g/mol. The van der Waals surface area contributed by atoms with Gasteiger partial charge in [0.2, 0.25) is 0 Å². The Balaban J connectivity index is 0.000000382. The van der Waals surface area contributed by atoms with E-state index in [1.807, 2.05) is 0 Å². The van der Waals surface area contributed by atoms with Crippen LogP contribution in [0.1, 0.15) is 86.5 Å². The number of nitrogens with zero attached hydrogens (tertiary/aromatic N) is 3. The maximum absolute atomic E-state index is 12.7. The number of fused-ring (bicyclic) bond motifs is 2. The molecule has 6 rings (SSSR count). The molecule has 0 unspecified atom stereocenters. The molecule has 4 aromatic heterocycles. The molecular formula is C40H67F3N8O19P2S. The summed E-state index contributed by atoms with van der Waals surface area (Å²) < 4.78 is 115. The van der Waals surface area contributed by atoms with Crippen LogP contribution in [-0.4, -0.2) is 175 Å². The van der Waals surface area contributed by atoms with Crippen molar-refractivity contribution in [2.45, 2.75) is 123 Å². The van der Waals surface area contributed by atoms with Gasteiger partial charge in [-0.05, 0) is 48.5 Å². The topological polar surface area (TPSA) is 389 Å². The molecule has 2 fully saturated rings. The molecule has 10 N–H and O–H groups in total. The minimum absolute atomic E-state index is 0. The molecule has 0 aromatic carbocycles. The van der Waals surface area contributed by atoms with Crippen molar-refractivity contribution in [3.63, 3.8) is 0 Å². The fourth-order valence-corrected chi connectivity index (χ4v) is 10.8. The molecule has 418 valence electrons. The molecule has 2 aliphatic rings.